The Morgan fingerprint density at radius 2 is 1.20 bits per heavy atom. The molecule has 20 valence electrons. The van der Waals surface area contributed by atoms with Crippen LogP contribution in [0.5, 0.6) is 0 Å². The average Bonchev–Trinajstić information content (AvgIpc) is 1.00. The van der Waals surface area contributed by atoms with Crippen LogP contribution in [0.1, 0.15) is 0 Å². The Labute approximate surface area is 97.2 Å². The van der Waals surface area contributed by atoms with Crippen LogP contribution in [0.4, 0.5) is 0 Å². The minimum atomic E-state index is 0. The van der Waals surface area contributed by atoms with Gasteiger partial charge in [-0.2, -0.15) is 4.21 Å². The number of hydrogen-bond donors (Lipinski definition) is 0. The summed E-state index contributed by atoms with van der Waals surface area (Å²) in [6.45, 7) is 0. The van der Waals surface area contributed by atoms with E-state index >= 15 is 0 Å². The molecule has 0 spiro atoms. The molecule has 0 heterocycles. The summed E-state index contributed by atoms with van der Waals surface area (Å²) in [5, 5.41) is 0. The number of hydrogen-bond acceptors (Lipinski definition) is 2. The summed E-state index contributed by atoms with van der Waals surface area (Å²) >= 11 is 2.83. The van der Waals surface area contributed by atoms with Crippen molar-refractivity contribution in [2.45, 2.75) is 0 Å². The van der Waals surface area contributed by atoms with E-state index in [4.69, 9.17) is 4.21 Å². The van der Waals surface area contributed by atoms with Crippen LogP contribution in [0.2, 0.25) is 0 Å². The van der Waals surface area contributed by atoms with Crippen molar-refractivity contribution in [3.05, 3.63) is 0 Å². The fourth-order valence-corrected chi connectivity index (χ4v) is 0. The average molecular weight is 160 g/mol. The topological polar surface area (TPSA) is 17.1 Å². The third-order valence-corrected chi connectivity index (χ3v) is 0. The SMILES string of the molecule is O=S.[Ca].[Mg].[Ti]. The first-order chi connectivity index (χ1) is 1.00. The largest absolute Gasteiger partial charge is 0.197 e. The summed E-state index contributed by atoms with van der Waals surface area (Å²) in [6.07, 6.45) is 0. The van der Waals surface area contributed by atoms with Gasteiger partial charge in [0.25, 0.3) is 0 Å². The van der Waals surface area contributed by atoms with Crippen LogP contribution >= 0.6 is 0 Å². The van der Waals surface area contributed by atoms with E-state index in [2.05, 4.69) is 12.5 Å². The molecular formula is CaMgOSTi. The summed E-state index contributed by atoms with van der Waals surface area (Å²) in [5.41, 5.74) is 0. The zero-order chi connectivity index (χ0) is 2.00. The molecule has 0 bridgehead atoms. The fraction of sp³-hybridized carbons (Fsp3) is 0. The smallest absolute Gasteiger partial charge is 0.197 e. The summed E-state index contributed by atoms with van der Waals surface area (Å²) in [6, 6.07) is 0. The minimum Gasteiger partial charge on any atom is -0.197 e. The molecule has 0 aromatic heterocycles. The van der Waals surface area contributed by atoms with E-state index in [0.29, 0.717) is 0 Å². The molecule has 0 aliphatic rings. The Kier molecular flexibility index (Phi) is 148. The summed E-state index contributed by atoms with van der Waals surface area (Å²) in [4.78, 5) is 0. The van der Waals surface area contributed by atoms with Crippen LogP contribution in [0.15, 0.2) is 0 Å². The predicted molar refractivity (Wildman–Crippen MR) is 19.7 cm³/mol. The molecule has 0 atom stereocenters. The van der Waals surface area contributed by atoms with E-state index in [0.717, 1.165) is 0 Å². The van der Waals surface area contributed by atoms with Crippen LogP contribution in [-0.2, 0) is 34.3 Å². The van der Waals surface area contributed by atoms with Gasteiger partial charge in [0.1, 0.15) is 0 Å². The van der Waals surface area contributed by atoms with E-state index in [1.54, 1.807) is 0 Å². The first kappa shape index (κ1) is 25.1. The first-order valence-electron chi connectivity index (χ1n) is 0.167. The van der Waals surface area contributed by atoms with Gasteiger partial charge in [-0.3, -0.25) is 0 Å². The maximum atomic E-state index is 7.83. The van der Waals surface area contributed by atoms with Crippen molar-refractivity contribution in [1.82, 2.24) is 0 Å². The summed E-state index contributed by atoms with van der Waals surface area (Å²) < 4.78 is 7.83. The van der Waals surface area contributed by atoms with Gasteiger partial charge in [-0.25, -0.2) is 0 Å². The third kappa shape index (κ3) is 20.1. The van der Waals surface area contributed by atoms with Crippen molar-refractivity contribution in [2.24, 2.45) is 0 Å². The van der Waals surface area contributed by atoms with Gasteiger partial charge >= 0.3 is 0 Å². The van der Waals surface area contributed by atoms with Crippen molar-refractivity contribution in [2.75, 3.05) is 0 Å². The standard InChI is InChI=1S/Ca.Mg.OS.Ti/c;;1-2;. The molecule has 5 heteroatoms. The van der Waals surface area contributed by atoms with Gasteiger partial charge in [0, 0.05) is 82.5 Å². The van der Waals surface area contributed by atoms with Gasteiger partial charge in [0.15, 0.2) is 12.5 Å². The fourth-order valence-electron chi connectivity index (χ4n) is 0. The second-order valence-corrected chi connectivity index (χ2v) is 0. The Hall–Kier alpha value is 2.76. The molecule has 0 aliphatic carbocycles. The molecule has 0 N–H and O–H groups in total. The molecule has 0 aromatic carbocycles. The van der Waals surface area contributed by atoms with E-state index in [1.165, 1.54) is 0 Å². The normalized spacial score (nSPS) is 0.800. The molecule has 1 nitrogen and oxygen atoms in total. The molecule has 0 amide bonds. The molecule has 0 saturated heterocycles. The van der Waals surface area contributed by atoms with Gasteiger partial charge in [-0.05, 0) is 0 Å². The molecule has 0 rings (SSSR count). The molecular weight excluding hydrogens is 160 g/mol. The summed E-state index contributed by atoms with van der Waals surface area (Å²) in [5.74, 6) is 0. The third-order valence-electron chi connectivity index (χ3n) is 0. The van der Waals surface area contributed by atoms with Crippen molar-refractivity contribution in [3.8, 4) is 0 Å². The van der Waals surface area contributed by atoms with Crippen molar-refractivity contribution < 1.29 is 25.9 Å². The van der Waals surface area contributed by atoms with Gasteiger partial charge in [0.2, 0.25) is 0 Å². The Balaban J connectivity index is -0.00000000167. The van der Waals surface area contributed by atoms with E-state index in [1.807, 2.05) is 0 Å². The maximum absolute atomic E-state index is 7.83. The Morgan fingerprint density at radius 1 is 1.20 bits per heavy atom. The van der Waals surface area contributed by atoms with Crippen LogP contribution < -0.4 is 0 Å². The monoisotopic (exact) mass is 160 g/mol. The van der Waals surface area contributed by atoms with Crippen molar-refractivity contribution in [3.63, 3.8) is 0 Å². The minimum absolute atomic E-state index is 0. The molecule has 0 aromatic rings. The zero-order valence-corrected chi connectivity index (χ0v) is 8.73. The van der Waals surface area contributed by atoms with Crippen LogP contribution in [0.3, 0.4) is 0 Å². The number of rotatable bonds is 0. The van der Waals surface area contributed by atoms with Crippen LogP contribution in [-0.4, -0.2) is 65.0 Å². The van der Waals surface area contributed by atoms with E-state index in [9.17, 15) is 0 Å². The van der Waals surface area contributed by atoms with Gasteiger partial charge in [0.05, 0.1) is 0 Å². The zero-order valence-electron chi connectivity index (χ0n) is 2.73. The van der Waals surface area contributed by atoms with E-state index in [-0.39, 0.29) is 82.5 Å². The van der Waals surface area contributed by atoms with Crippen molar-refractivity contribution >= 4 is 73.3 Å². The van der Waals surface area contributed by atoms with Gasteiger partial charge in [-0.1, -0.05) is 0 Å². The Morgan fingerprint density at radius 3 is 1.20 bits per heavy atom. The molecule has 0 saturated carbocycles. The second kappa shape index (κ2) is 29.4. The first-order valence-corrected chi connectivity index (χ1v) is 0.500. The van der Waals surface area contributed by atoms with Gasteiger partial charge < -0.3 is 0 Å². The predicted octanol–water partition coefficient (Wildman–Crippen LogP) is -1.10. The summed E-state index contributed by atoms with van der Waals surface area (Å²) in [7, 11) is 0. The van der Waals surface area contributed by atoms with Crippen molar-refractivity contribution in [1.29, 1.82) is 0 Å². The molecule has 5 heavy (non-hydrogen) atoms. The van der Waals surface area contributed by atoms with Crippen LogP contribution in [0, 0.1) is 0 Å². The maximum Gasteiger partial charge on any atom is 0.197 e. The van der Waals surface area contributed by atoms with Gasteiger partial charge in [-0.15, -0.1) is 0 Å². The Bertz CT molecular complexity index is 11.6. The molecule has 0 fully saturated rings. The molecule has 0 unspecified atom stereocenters. The second-order valence-electron chi connectivity index (χ2n) is 0. The molecule has 4 radical (unpaired) electrons. The van der Waals surface area contributed by atoms with Crippen LogP contribution in [0.25, 0.3) is 0 Å². The quantitative estimate of drug-likeness (QED) is 0.419. The van der Waals surface area contributed by atoms with E-state index < -0.39 is 0 Å². The molecule has 0 aliphatic heterocycles.